The third kappa shape index (κ3) is 10.4. The summed E-state index contributed by atoms with van der Waals surface area (Å²) in [4.78, 5) is 26.9. The summed E-state index contributed by atoms with van der Waals surface area (Å²) in [5.41, 5.74) is 7.18. The lowest BCUT2D eigenvalue weighted by Gasteiger charge is -2.34. The van der Waals surface area contributed by atoms with Gasteiger partial charge in [-0.3, -0.25) is 14.7 Å². The van der Waals surface area contributed by atoms with E-state index in [1.54, 1.807) is 41.4 Å². The molecule has 51 heavy (non-hydrogen) atoms. The first-order valence-electron chi connectivity index (χ1n) is 17.3. The molecule has 3 heterocycles. The van der Waals surface area contributed by atoms with Gasteiger partial charge in [0.05, 0.1) is 29.8 Å². The van der Waals surface area contributed by atoms with Crippen LogP contribution in [0, 0.1) is 13.8 Å². The highest BCUT2D eigenvalue weighted by Gasteiger charge is 2.20. The van der Waals surface area contributed by atoms with Gasteiger partial charge in [0.25, 0.3) is 0 Å². The number of thiazole rings is 1. The molecule has 1 amide bonds. The molecule has 1 aliphatic rings. The second-order valence-electron chi connectivity index (χ2n) is 12.4. The van der Waals surface area contributed by atoms with E-state index >= 15 is 0 Å². The Morgan fingerprint density at radius 1 is 0.843 bits per heavy atom. The highest BCUT2D eigenvalue weighted by molar-refractivity contribution is 7.09. The number of nitrogens with zero attached hydrogens (tertiary/aromatic N) is 4. The number of aromatic nitrogens is 2. The molecule has 0 unspecified atom stereocenters. The van der Waals surface area contributed by atoms with Crippen LogP contribution in [0.2, 0.25) is 0 Å². The number of pyridine rings is 1. The monoisotopic (exact) mass is 704 g/mol. The lowest BCUT2D eigenvalue weighted by molar-refractivity contribution is -0.127. The quantitative estimate of drug-likeness (QED) is 0.102. The molecule has 0 spiro atoms. The van der Waals surface area contributed by atoms with Crippen LogP contribution >= 0.6 is 11.3 Å². The van der Waals surface area contributed by atoms with E-state index in [0.717, 1.165) is 64.9 Å². The second-order valence-corrected chi connectivity index (χ2v) is 13.4. The standard InChI is InChI=1S/C41H44N4O5S/c1-4-47-35-6-5-7-36(24-35)48-21-16-32-8-10-33(11-9-32)27-44-17-19-45(20-18-44)40(46)15-12-34-22-30(2)41(31(3)23-34)50-39-14-13-37(25-43-39)49-28-38-26-42-29-51-38/h5-15,22-26,29H,4,16-21,27-28H2,1-3H3. The Balaban J connectivity index is 0.925. The fourth-order valence-corrected chi connectivity index (χ4v) is 6.41. The molecule has 0 atom stereocenters. The van der Waals surface area contributed by atoms with Crippen molar-refractivity contribution < 1.29 is 23.7 Å². The first kappa shape index (κ1) is 35.6. The van der Waals surface area contributed by atoms with Crippen LogP contribution in [-0.4, -0.2) is 65.1 Å². The van der Waals surface area contributed by atoms with Gasteiger partial charge in [-0.15, -0.1) is 11.3 Å². The van der Waals surface area contributed by atoms with E-state index in [1.807, 2.05) is 74.2 Å². The van der Waals surface area contributed by atoms with Crippen molar-refractivity contribution >= 4 is 23.3 Å². The number of carbonyl (C=O) groups excluding carboxylic acids is 1. The normalized spacial score (nSPS) is 13.4. The van der Waals surface area contributed by atoms with Crippen molar-refractivity contribution in [2.45, 2.75) is 40.3 Å². The van der Waals surface area contributed by atoms with E-state index < -0.39 is 0 Å². The van der Waals surface area contributed by atoms with Gasteiger partial charge in [-0.1, -0.05) is 30.3 Å². The molecule has 3 aromatic carbocycles. The summed E-state index contributed by atoms with van der Waals surface area (Å²) in [7, 11) is 0. The molecule has 0 N–H and O–H groups in total. The first-order valence-corrected chi connectivity index (χ1v) is 18.2. The van der Waals surface area contributed by atoms with Crippen molar-refractivity contribution in [2.75, 3.05) is 39.4 Å². The second kappa shape index (κ2) is 17.6. The SMILES string of the molecule is CCOc1cccc(OCCc2ccc(CN3CCN(C(=O)C=Cc4cc(C)c(Oc5ccc(OCc6cncs6)cn5)c(C)c4)CC3)cc2)c1. The van der Waals surface area contributed by atoms with Gasteiger partial charge in [0.1, 0.15) is 29.6 Å². The Kier molecular flexibility index (Phi) is 12.3. The van der Waals surface area contributed by atoms with Crippen LogP contribution in [0.3, 0.4) is 0 Å². The van der Waals surface area contributed by atoms with Crippen molar-refractivity contribution in [1.29, 1.82) is 0 Å². The number of aryl methyl sites for hydroxylation is 2. The maximum absolute atomic E-state index is 13.1. The number of hydrogen-bond donors (Lipinski definition) is 0. The summed E-state index contributed by atoms with van der Waals surface area (Å²) < 4.78 is 23.4. The number of rotatable bonds is 15. The molecule has 0 saturated carbocycles. The number of carbonyl (C=O) groups is 1. The average molecular weight is 705 g/mol. The Bertz CT molecular complexity index is 1860. The minimum absolute atomic E-state index is 0.0309. The van der Waals surface area contributed by atoms with Crippen molar-refractivity contribution in [3.8, 4) is 28.9 Å². The minimum Gasteiger partial charge on any atom is -0.494 e. The maximum Gasteiger partial charge on any atom is 0.246 e. The number of piperazine rings is 1. The molecule has 2 aromatic heterocycles. The van der Waals surface area contributed by atoms with E-state index in [1.165, 1.54) is 11.1 Å². The number of amides is 1. The lowest BCUT2D eigenvalue weighted by Crippen LogP contribution is -2.47. The molecule has 1 aliphatic heterocycles. The molecule has 0 radical (unpaired) electrons. The van der Waals surface area contributed by atoms with Gasteiger partial charge >= 0.3 is 0 Å². The van der Waals surface area contributed by atoms with Crippen LogP contribution in [0.1, 0.15) is 39.6 Å². The van der Waals surface area contributed by atoms with Crippen molar-refractivity contribution in [3.05, 3.63) is 129 Å². The van der Waals surface area contributed by atoms with E-state index in [-0.39, 0.29) is 5.91 Å². The van der Waals surface area contributed by atoms with E-state index in [2.05, 4.69) is 39.1 Å². The van der Waals surface area contributed by atoms with Gasteiger partial charge in [-0.2, -0.15) is 0 Å². The molecule has 5 aromatic rings. The Labute approximate surface area is 304 Å². The highest BCUT2D eigenvalue weighted by atomic mass is 32.1. The van der Waals surface area contributed by atoms with Crippen molar-refractivity contribution in [3.63, 3.8) is 0 Å². The number of hydrogen-bond acceptors (Lipinski definition) is 9. The summed E-state index contributed by atoms with van der Waals surface area (Å²) in [6.07, 6.45) is 7.85. The fraction of sp³-hybridized carbons (Fsp3) is 0.293. The third-order valence-electron chi connectivity index (χ3n) is 8.57. The van der Waals surface area contributed by atoms with Crippen LogP contribution in [0.15, 0.2) is 96.8 Å². The molecule has 10 heteroatoms. The molecule has 1 saturated heterocycles. The average Bonchev–Trinajstić information content (AvgIpc) is 3.67. The van der Waals surface area contributed by atoms with Gasteiger partial charge in [0.2, 0.25) is 11.8 Å². The van der Waals surface area contributed by atoms with E-state index in [4.69, 9.17) is 18.9 Å². The topological polar surface area (TPSA) is 86.3 Å². The van der Waals surface area contributed by atoms with Crippen molar-refractivity contribution in [1.82, 2.24) is 19.8 Å². The molecular formula is C41H44N4O5S. The molecule has 0 bridgehead atoms. The zero-order chi connectivity index (χ0) is 35.4. The van der Waals surface area contributed by atoms with Gasteiger partial charge in [-0.25, -0.2) is 4.98 Å². The summed E-state index contributed by atoms with van der Waals surface area (Å²) in [6, 6.07) is 24.2. The molecule has 264 valence electrons. The van der Waals surface area contributed by atoms with Crippen LogP contribution in [0.4, 0.5) is 0 Å². The summed E-state index contributed by atoms with van der Waals surface area (Å²) in [6.45, 7) is 11.6. The Hall–Kier alpha value is -5.19. The zero-order valence-electron chi connectivity index (χ0n) is 29.4. The van der Waals surface area contributed by atoms with Crippen LogP contribution in [0.5, 0.6) is 28.9 Å². The van der Waals surface area contributed by atoms with Gasteiger partial charge in [0.15, 0.2) is 0 Å². The molecule has 1 fully saturated rings. The minimum atomic E-state index is 0.0309. The third-order valence-corrected chi connectivity index (χ3v) is 9.32. The largest absolute Gasteiger partial charge is 0.494 e. The van der Waals surface area contributed by atoms with E-state index in [9.17, 15) is 4.79 Å². The Morgan fingerprint density at radius 2 is 1.59 bits per heavy atom. The number of benzene rings is 3. The van der Waals surface area contributed by atoms with Crippen molar-refractivity contribution in [2.24, 2.45) is 0 Å². The fourth-order valence-electron chi connectivity index (χ4n) is 5.90. The van der Waals surface area contributed by atoms with E-state index in [0.29, 0.717) is 44.5 Å². The molecular weight excluding hydrogens is 661 g/mol. The highest BCUT2D eigenvalue weighted by Crippen LogP contribution is 2.30. The van der Waals surface area contributed by atoms with Gasteiger partial charge in [0, 0.05) is 63.6 Å². The summed E-state index contributed by atoms with van der Waals surface area (Å²) in [5.74, 6) is 3.59. The van der Waals surface area contributed by atoms with Crippen LogP contribution in [-0.2, 0) is 24.4 Å². The van der Waals surface area contributed by atoms with Gasteiger partial charge in [-0.05, 0) is 85.0 Å². The molecule has 6 rings (SSSR count). The van der Waals surface area contributed by atoms with Gasteiger partial charge < -0.3 is 23.8 Å². The van der Waals surface area contributed by atoms with Crippen LogP contribution in [0.25, 0.3) is 6.08 Å². The maximum atomic E-state index is 13.1. The smallest absolute Gasteiger partial charge is 0.246 e. The molecule has 0 aliphatic carbocycles. The summed E-state index contributed by atoms with van der Waals surface area (Å²) in [5, 5.41) is 0. The summed E-state index contributed by atoms with van der Waals surface area (Å²) >= 11 is 1.55. The number of ether oxygens (including phenoxy) is 4. The first-order chi connectivity index (χ1) is 24.9. The zero-order valence-corrected chi connectivity index (χ0v) is 30.2. The Morgan fingerprint density at radius 3 is 2.27 bits per heavy atom. The molecule has 9 nitrogen and oxygen atoms in total. The predicted octanol–water partition coefficient (Wildman–Crippen LogP) is 7.90. The lowest BCUT2D eigenvalue weighted by atomic mass is 10.1. The predicted molar refractivity (Wildman–Crippen MR) is 201 cm³/mol. The van der Waals surface area contributed by atoms with Crippen LogP contribution < -0.4 is 18.9 Å².